The van der Waals surface area contributed by atoms with Gasteiger partial charge in [-0.15, -0.1) is 24.0 Å². The van der Waals surface area contributed by atoms with Crippen LogP contribution in [0.5, 0.6) is 0 Å². The Morgan fingerprint density at radius 1 is 1.23 bits per heavy atom. The van der Waals surface area contributed by atoms with E-state index in [-0.39, 0.29) is 41.8 Å². The van der Waals surface area contributed by atoms with Crippen LogP contribution in [0.1, 0.15) is 52.2 Å². The van der Waals surface area contributed by atoms with Gasteiger partial charge in [0.2, 0.25) is 5.91 Å². The smallest absolute Gasteiger partial charge is 0.225 e. The van der Waals surface area contributed by atoms with Gasteiger partial charge in [0.1, 0.15) is 0 Å². The molecular weight excluding hydrogens is 489 g/mol. The van der Waals surface area contributed by atoms with Crippen molar-refractivity contribution in [3.63, 3.8) is 0 Å². The molecule has 1 fully saturated rings. The van der Waals surface area contributed by atoms with Gasteiger partial charge in [0.05, 0.1) is 6.54 Å². The molecule has 1 amide bonds. The van der Waals surface area contributed by atoms with E-state index in [4.69, 9.17) is 4.99 Å². The lowest BCUT2D eigenvalue weighted by Crippen LogP contribution is -2.45. The Hall–Kier alpha value is -1.35. The van der Waals surface area contributed by atoms with Gasteiger partial charge in [0.25, 0.3) is 0 Å². The molecule has 1 saturated heterocycles. The molecule has 0 aromatic heterocycles. The molecule has 30 heavy (non-hydrogen) atoms. The highest BCUT2D eigenvalue weighted by atomic mass is 127. The SMILES string of the molecule is CCNC(=NCc1ccccc1CN(C)C(C)C)NC1CCN(C(=O)C(C)C)C1.I. The average molecular weight is 530 g/mol. The van der Waals surface area contributed by atoms with Gasteiger partial charge < -0.3 is 15.5 Å². The summed E-state index contributed by atoms with van der Waals surface area (Å²) in [5, 5.41) is 6.87. The normalized spacial score (nSPS) is 16.9. The van der Waals surface area contributed by atoms with Crippen molar-refractivity contribution in [3.05, 3.63) is 35.4 Å². The second-order valence-corrected chi connectivity index (χ2v) is 8.54. The van der Waals surface area contributed by atoms with Crippen LogP contribution in [-0.4, -0.2) is 60.4 Å². The van der Waals surface area contributed by atoms with Crippen molar-refractivity contribution in [3.8, 4) is 0 Å². The van der Waals surface area contributed by atoms with Crippen molar-refractivity contribution in [1.29, 1.82) is 0 Å². The monoisotopic (exact) mass is 529 g/mol. The van der Waals surface area contributed by atoms with Crippen LogP contribution in [0, 0.1) is 5.92 Å². The summed E-state index contributed by atoms with van der Waals surface area (Å²) in [4.78, 5) is 21.4. The van der Waals surface area contributed by atoms with Crippen molar-refractivity contribution in [2.24, 2.45) is 10.9 Å². The fourth-order valence-corrected chi connectivity index (χ4v) is 3.44. The number of halogens is 1. The number of carbonyl (C=O) groups excluding carboxylic acids is 1. The fraction of sp³-hybridized carbons (Fsp3) is 0.652. The zero-order valence-corrected chi connectivity index (χ0v) is 21.8. The van der Waals surface area contributed by atoms with Gasteiger partial charge in [-0.2, -0.15) is 0 Å². The summed E-state index contributed by atoms with van der Waals surface area (Å²) in [5.74, 6) is 1.11. The molecule has 1 aliphatic heterocycles. The fourth-order valence-electron chi connectivity index (χ4n) is 3.44. The number of likely N-dealkylation sites (tertiary alicyclic amines) is 1. The van der Waals surface area contributed by atoms with Gasteiger partial charge in [-0.05, 0) is 45.4 Å². The molecule has 0 radical (unpaired) electrons. The second-order valence-electron chi connectivity index (χ2n) is 8.54. The van der Waals surface area contributed by atoms with Gasteiger partial charge in [-0.1, -0.05) is 38.1 Å². The van der Waals surface area contributed by atoms with Crippen molar-refractivity contribution < 1.29 is 4.79 Å². The molecule has 7 heteroatoms. The Bertz CT molecular complexity index is 692. The Morgan fingerprint density at radius 2 is 1.90 bits per heavy atom. The lowest BCUT2D eigenvalue weighted by atomic mass is 10.1. The van der Waals surface area contributed by atoms with E-state index in [2.05, 4.69) is 67.6 Å². The summed E-state index contributed by atoms with van der Waals surface area (Å²) in [6.07, 6.45) is 0.957. The molecule has 0 aliphatic carbocycles. The number of nitrogens with one attached hydrogen (secondary N) is 2. The van der Waals surface area contributed by atoms with Crippen LogP contribution >= 0.6 is 24.0 Å². The van der Waals surface area contributed by atoms with E-state index in [1.54, 1.807) is 0 Å². The lowest BCUT2D eigenvalue weighted by Gasteiger charge is -2.22. The molecule has 2 N–H and O–H groups in total. The van der Waals surface area contributed by atoms with E-state index in [0.717, 1.165) is 38.6 Å². The van der Waals surface area contributed by atoms with Crippen LogP contribution in [0.15, 0.2) is 29.3 Å². The summed E-state index contributed by atoms with van der Waals surface area (Å²) in [6, 6.07) is 9.28. The molecule has 0 saturated carbocycles. The third-order valence-corrected chi connectivity index (χ3v) is 5.51. The van der Waals surface area contributed by atoms with Crippen molar-refractivity contribution >= 4 is 35.8 Å². The van der Waals surface area contributed by atoms with E-state index in [0.29, 0.717) is 12.6 Å². The zero-order valence-electron chi connectivity index (χ0n) is 19.4. The summed E-state index contributed by atoms with van der Waals surface area (Å²) in [7, 11) is 2.15. The summed E-state index contributed by atoms with van der Waals surface area (Å²) < 4.78 is 0. The van der Waals surface area contributed by atoms with Crippen molar-refractivity contribution in [1.82, 2.24) is 20.4 Å². The number of amides is 1. The summed E-state index contributed by atoms with van der Waals surface area (Å²) >= 11 is 0. The number of aliphatic imine (C=N–C) groups is 1. The Balaban J connectivity index is 0.00000450. The first-order valence-corrected chi connectivity index (χ1v) is 10.9. The van der Waals surface area contributed by atoms with Crippen LogP contribution in [0.2, 0.25) is 0 Å². The van der Waals surface area contributed by atoms with Gasteiger partial charge in [-0.25, -0.2) is 4.99 Å². The molecule has 1 heterocycles. The standard InChI is InChI=1S/C23H39N5O.HI/c1-7-24-23(26-21-12-13-28(16-21)22(29)17(2)3)25-14-19-10-8-9-11-20(19)15-27(6)18(4)5;/h8-11,17-18,21H,7,12-16H2,1-6H3,(H2,24,25,26);1H. The number of guanidine groups is 1. The topological polar surface area (TPSA) is 60.0 Å². The number of carbonyl (C=O) groups is 1. The minimum Gasteiger partial charge on any atom is -0.357 e. The van der Waals surface area contributed by atoms with E-state index >= 15 is 0 Å². The Kier molecular flexibility index (Phi) is 11.7. The maximum atomic E-state index is 12.2. The maximum Gasteiger partial charge on any atom is 0.225 e. The number of hydrogen-bond acceptors (Lipinski definition) is 3. The molecular formula is C23H40IN5O. The molecule has 0 spiro atoms. The van der Waals surface area contributed by atoms with E-state index in [9.17, 15) is 4.79 Å². The number of nitrogens with zero attached hydrogens (tertiary/aromatic N) is 3. The first-order chi connectivity index (χ1) is 13.8. The van der Waals surface area contributed by atoms with Crippen LogP contribution in [-0.2, 0) is 17.9 Å². The maximum absolute atomic E-state index is 12.2. The zero-order chi connectivity index (χ0) is 21.4. The van der Waals surface area contributed by atoms with Crippen LogP contribution in [0.3, 0.4) is 0 Å². The minimum atomic E-state index is 0. The largest absolute Gasteiger partial charge is 0.357 e. The lowest BCUT2D eigenvalue weighted by molar-refractivity contribution is -0.133. The summed E-state index contributed by atoms with van der Waals surface area (Å²) in [6.45, 7) is 14.4. The van der Waals surface area contributed by atoms with Gasteiger partial charge in [-0.3, -0.25) is 9.69 Å². The van der Waals surface area contributed by atoms with Crippen LogP contribution in [0.25, 0.3) is 0 Å². The van der Waals surface area contributed by atoms with E-state index < -0.39 is 0 Å². The molecule has 1 aromatic rings. The highest BCUT2D eigenvalue weighted by Gasteiger charge is 2.27. The van der Waals surface area contributed by atoms with Gasteiger partial charge in [0.15, 0.2) is 5.96 Å². The molecule has 2 rings (SSSR count). The highest BCUT2D eigenvalue weighted by molar-refractivity contribution is 14.0. The van der Waals surface area contributed by atoms with E-state index in [1.807, 2.05) is 18.7 Å². The van der Waals surface area contributed by atoms with Crippen LogP contribution in [0.4, 0.5) is 0 Å². The minimum absolute atomic E-state index is 0. The third kappa shape index (κ3) is 8.06. The summed E-state index contributed by atoms with van der Waals surface area (Å²) in [5.41, 5.74) is 2.57. The number of rotatable bonds is 8. The molecule has 170 valence electrons. The molecule has 1 aliphatic rings. The van der Waals surface area contributed by atoms with E-state index in [1.165, 1.54) is 11.1 Å². The number of benzene rings is 1. The second kappa shape index (κ2) is 13.1. The first kappa shape index (κ1) is 26.7. The molecule has 1 aromatic carbocycles. The molecule has 0 bridgehead atoms. The third-order valence-electron chi connectivity index (χ3n) is 5.51. The highest BCUT2D eigenvalue weighted by Crippen LogP contribution is 2.15. The quantitative estimate of drug-likeness (QED) is 0.308. The van der Waals surface area contributed by atoms with Crippen molar-refractivity contribution in [2.45, 2.75) is 66.2 Å². The first-order valence-electron chi connectivity index (χ1n) is 10.9. The predicted molar refractivity (Wildman–Crippen MR) is 136 cm³/mol. The van der Waals surface area contributed by atoms with Crippen molar-refractivity contribution in [2.75, 3.05) is 26.7 Å². The molecule has 1 unspecified atom stereocenters. The van der Waals surface area contributed by atoms with Crippen LogP contribution < -0.4 is 10.6 Å². The Morgan fingerprint density at radius 3 is 2.50 bits per heavy atom. The molecule has 6 nitrogen and oxygen atoms in total. The number of hydrogen-bond donors (Lipinski definition) is 2. The average Bonchev–Trinajstić information content (AvgIpc) is 3.14. The van der Waals surface area contributed by atoms with Gasteiger partial charge in [0, 0.05) is 44.2 Å². The van der Waals surface area contributed by atoms with Gasteiger partial charge >= 0.3 is 0 Å². The molecule has 1 atom stereocenters. The Labute approximate surface area is 199 Å². The predicted octanol–water partition coefficient (Wildman–Crippen LogP) is 3.46.